The van der Waals surface area contributed by atoms with Crippen molar-refractivity contribution in [2.75, 3.05) is 53.6 Å². The van der Waals surface area contributed by atoms with Gasteiger partial charge in [0.05, 0.1) is 39.3 Å². The van der Waals surface area contributed by atoms with Crippen LogP contribution in [0, 0.1) is 0 Å². The molecular formula is C23H26N2O7. The molecule has 9 nitrogen and oxygen atoms in total. The van der Waals surface area contributed by atoms with Crippen LogP contribution in [-0.4, -0.2) is 80.2 Å². The average Bonchev–Trinajstić information content (AvgIpc) is 3.44. The first-order valence-corrected chi connectivity index (χ1v) is 10.4. The molecule has 0 bridgehead atoms. The highest BCUT2D eigenvalue weighted by Gasteiger charge is 2.47. The van der Waals surface area contributed by atoms with E-state index in [4.69, 9.17) is 18.6 Å². The summed E-state index contributed by atoms with van der Waals surface area (Å²) in [5.41, 5.74) is 0.324. The fourth-order valence-corrected chi connectivity index (χ4v) is 4.07. The number of ether oxygens (including phenoxy) is 3. The van der Waals surface area contributed by atoms with Crippen LogP contribution in [0.5, 0.6) is 11.5 Å². The molecule has 2 fully saturated rings. The van der Waals surface area contributed by atoms with Crippen LogP contribution in [0.15, 0.2) is 46.6 Å². The summed E-state index contributed by atoms with van der Waals surface area (Å²) in [7, 11) is 2.99. The van der Waals surface area contributed by atoms with E-state index in [1.165, 1.54) is 25.4 Å². The number of Topliss-reactive ketones (excluding diaryl/α,β-unsaturated/α-hetero) is 1. The number of likely N-dealkylation sites (tertiary alicyclic amines) is 1. The van der Waals surface area contributed by atoms with Crippen molar-refractivity contribution in [3.05, 3.63) is 53.5 Å². The van der Waals surface area contributed by atoms with E-state index in [0.717, 1.165) is 13.1 Å². The SMILES string of the molecule is COc1ccc(C(O)=C2C(=O)C(=O)N(CCN3CCOCC3)[C@H]2c2ccco2)cc1OC. The fourth-order valence-electron chi connectivity index (χ4n) is 4.07. The van der Waals surface area contributed by atoms with Gasteiger partial charge < -0.3 is 28.6 Å². The Bertz CT molecular complexity index is 1010. The Labute approximate surface area is 185 Å². The quantitative estimate of drug-likeness (QED) is 0.395. The van der Waals surface area contributed by atoms with Crippen molar-refractivity contribution in [3.8, 4) is 11.5 Å². The summed E-state index contributed by atoms with van der Waals surface area (Å²) >= 11 is 0. The van der Waals surface area contributed by atoms with Crippen molar-refractivity contribution in [1.82, 2.24) is 9.80 Å². The van der Waals surface area contributed by atoms with Gasteiger partial charge >= 0.3 is 0 Å². The molecule has 1 aromatic heterocycles. The predicted molar refractivity (Wildman–Crippen MR) is 115 cm³/mol. The zero-order valence-corrected chi connectivity index (χ0v) is 18.1. The lowest BCUT2D eigenvalue weighted by Gasteiger charge is -2.30. The molecule has 0 unspecified atom stereocenters. The molecule has 2 aliphatic rings. The number of aliphatic hydroxyl groups is 1. The Hall–Kier alpha value is -3.30. The van der Waals surface area contributed by atoms with Gasteiger partial charge in [0.15, 0.2) is 11.5 Å². The molecule has 9 heteroatoms. The molecule has 0 spiro atoms. The third kappa shape index (κ3) is 4.09. The van der Waals surface area contributed by atoms with E-state index in [2.05, 4.69) is 4.90 Å². The number of hydrogen-bond donors (Lipinski definition) is 1. The van der Waals surface area contributed by atoms with E-state index in [0.29, 0.717) is 49.1 Å². The zero-order chi connectivity index (χ0) is 22.7. The zero-order valence-electron chi connectivity index (χ0n) is 18.1. The Morgan fingerprint density at radius 2 is 1.84 bits per heavy atom. The van der Waals surface area contributed by atoms with Crippen molar-refractivity contribution >= 4 is 17.4 Å². The number of carbonyl (C=O) groups excluding carboxylic acids is 2. The number of nitrogens with zero attached hydrogens (tertiary/aromatic N) is 2. The van der Waals surface area contributed by atoms with Gasteiger partial charge in [-0.15, -0.1) is 0 Å². The van der Waals surface area contributed by atoms with E-state index in [1.807, 2.05) is 0 Å². The molecule has 2 aliphatic heterocycles. The second kappa shape index (κ2) is 9.46. The van der Waals surface area contributed by atoms with E-state index >= 15 is 0 Å². The number of amides is 1. The van der Waals surface area contributed by atoms with Crippen LogP contribution < -0.4 is 9.47 Å². The van der Waals surface area contributed by atoms with Gasteiger partial charge in [-0.3, -0.25) is 14.5 Å². The summed E-state index contributed by atoms with van der Waals surface area (Å²) in [4.78, 5) is 29.6. The average molecular weight is 442 g/mol. The first kappa shape index (κ1) is 21.9. The lowest BCUT2D eigenvalue weighted by Crippen LogP contribution is -2.42. The van der Waals surface area contributed by atoms with Gasteiger partial charge in [-0.1, -0.05) is 0 Å². The van der Waals surface area contributed by atoms with Crippen molar-refractivity contribution in [3.63, 3.8) is 0 Å². The highest BCUT2D eigenvalue weighted by molar-refractivity contribution is 6.46. The number of hydrogen-bond acceptors (Lipinski definition) is 8. The van der Waals surface area contributed by atoms with Crippen molar-refractivity contribution in [1.29, 1.82) is 0 Å². The van der Waals surface area contributed by atoms with E-state index in [1.54, 1.807) is 30.3 Å². The largest absolute Gasteiger partial charge is 0.507 e. The molecular weight excluding hydrogens is 416 g/mol. The van der Waals surface area contributed by atoms with Gasteiger partial charge in [0.2, 0.25) is 0 Å². The second-order valence-electron chi connectivity index (χ2n) is 7.53. The molecule has 1 atom stereocenters. The molecule has 3 heterocycles. The van der Waals surface area contributed by atoms with Crippen molar-refractivity contribution in [2.45, 2.75) is 6.04 Å². The Morgan fingerprint density at radius 1 is 1.09 bits per heavy atom. The minimum atomic E-state index is -0.820. The van der Waals surface area contributed by atoms with Crippen LogP contribution in [0.4, 0.5) is 0 Å². The highest BCUT2D eigenvalue weighted by Crippen LogP contribution is 2.40. The molecule has 0 saturated carbocycles. The first-order valence-electron chi connectivity index (χ1n) is 10.4. The van der Waals surface area contributed by atoms with Gasteiger partial charge in [-0.05, 0) is 30.3 Å². The molecule has 2 aromatic rings. The lowest BCUT2D eigenvalue weighted by atomic mass is 9.99. The summed E-state index contributed by atoms with van der Waals surface area (Å²) in [5.74, 6) is -0.416. The van der Waals surface area contributed by atoms with E-state index < -0.39 is 17.7 Å². The Kier molecular flexibility index (Phi) is 6.48. The van der Waals surface area contributed by atoms with Gasteiger partial charge in [-0.25, -0.2) is 0 Å². The summed E-state index contributed by atoms with van der Waals surface area (Å²) in [5, 5.41) is 11.1. The van der Waals surface area contributed by atoms with Gasteiger partial charge in [0.25, 0.3) is 11.7 Å². The molecule has 1 amide bonds. The minimum absolute atomic E-state index is 0.0147. The number of carbonyl (C=O) groups is 2. The van der Waals surface area contributed by atoms with Crippen LogP contribution in [-0.2, 0) is 14.3 Å². The van der Waals surface area contributed by atoms with Crippen LogP contribution >= 0.6 is 0 Å². The molecule has 170 valence electrons. The standard InChI is InChI=1S/C23H26N2O7/c1-29-16-6-5-15(14-18(16)30-2)21(26)19-20(17-4-3-11-32-17)25(23(28)22(19)27)8-7-24-9-12-31-13-10-24/h3-6,11,14,20,26H,7-10,12-13H2,1-2H3/t20-/m0/s1. The predicted octanol–water partition coefficient (Wildman–Crippen LogP) is 2.05. The molecule has 2 saturated heterocycles. The van der Waals surface area contributed by atoms with E-state index in [-0.39, 0.29) is 11.3 Å². The van der Waals surface area contributed by atoms with Crippen LogP contribution in [0.25, 0.3) is 5.76 Å². The van der Waals surface area contributed by atoms with Gasteiger partial charge in [-0.2, -0.15) is 0 Å². The Balaban J connectivity index is 1.71. The number of methoxy groups -OCH3 is 2. The van der Waals surface area contributed by atoms with E-state index in [9.17, 15) is 14.7 Å². The normalized spacial score (nSPS) is 21.2. The maximum Gasteiger partial charge on any atom is 0.295 e. The molecule has 32 heavy (non-hydrogen) atoms. The lowest BCUT2D eigenvalue weighted by molar-refractivity contribution is -0.140. The number of morpholine rings is 1. The smallest absolute Gasteiger partial charge is 0.295 e. The topological polar surface area (TPSA) is 102 Å². The number of furan rings is 1. The van der Waals surface area contributed by atoms with Crippen LogP contribution in [0.1, 0.15) is 17.4 Å². The fraction of sp³-hybridized carbons (Fsp3) is 0.391. The van der Waals surface area contributed by atoms with Crippen molar-refractivity contribution in [2.24, 2.45) is 0 Å². The number of rotatable bonds is 7. The minimum Gasteiger partial charge on any atom is -0.507 e. The Morgan fingerprint density at radius 3 is 2.50 bits per heavy atom. The summed E-state index contributed by atoms with van der Waals surface area (Å²) < 4.78 is 21.5. The summed E-state index contributed by atoms with van der Waals surface area (Å²) in [6.45, 7) is 3.71. The maximum absolute atomic E-state index is 13.0. The maximum atomic E-state index is 13.0. The third-order valence-electron chi connectivity index (χ3n) is 5.77. The number of aliphatic hydroxyl groups excluding tert-OH is 1. The van der Waals surface area contributed by atoms with Crippen LogP contribution in [0.2, 0.25) is 0 Å². The summed E-state index contributed by atoms with van der Waals surface area (Å²) in [6, 6.07) is 7.36. The molecule has 1 aromatic carbocycles. The van der Waals surface area contributed by atoms with Crippen molar-refractivity contribution < 1.29 is 33.3 Å². The number of benzene rings is 1. The second-order valence-corrected chi connectivity index (χ2v) is 7.53. The monoisotopic (exact) mass is 442 g/mol. The number of ketones is 1. The van der Waals surface area contributed by atoms with Crippen LogP contribution in [0.3, 0.4) is 0 Å². The molecule has 0 radical (unpaired) electrons. The molecule has 4 rings (SSSR count). The third-order valence-corrected chi connectivity index (χ3v) is 5.77. The molecule has 0 aliphatic carbocycles. The first-order chi connectivity index (χ1) is 15.5. The molecule has 1 N–H and O–H groups in total. The van der Waals surface area contributed by atoms with Gasteiger partial charge in [0, 0.05) is 31.7 Å². The summed E-state index contributed by atoms with van der Waals surface area (Å²) in [6.07, 6.45) is 1.48. The van der Waals surface area contributed by atoms with Gasteiger partial charge in [0.1, 0.15) is 17.6 Å². The highest BCUT2D eigenvalue weighted by atomic mass is 16.5.